The Kier molecular flexibility index (Phi) is 5.90. The van der Waals surface area contributed by atoms with E-state index in [2.05, 4.69) is 0 Å². The first-order valence-electron chi connectivity index (χ1n) is 8.71. The fourth-order valence-electron chi connectivity index (χ4n) is 3.00. The van der Waals surface area contributed by atoms with Crippen molar-refractivity contribution in [3.05, 3.63) is 58.1 Å². The lowest BCUT2D eigenvalue weighted by Crippen LogP contribution is -2.31. The predicted octanol–water partition coefficient (Wildman–Crippen LogP) is 4.23. The van der Waals surface area contributed by atoms with Gasteiger partial charge in [0.2, 0.25) is 21.6 Å². The molecule has 7 nitrogen and oxygen atoms in total. The molecule has 1 aliphatic heterocycles. The average Bonchev–Trinajstić information content (AvgIpc) is 2.95. The van der Waals surface area contributed by atoms with Crippen molar-refractivity contribution < 1.29 is 26.9 Å². The van der Waals surface area contributed by atoms with E-state index in [1.54, 1.807) is 0 Å². The van der Waals surface area contributed by atoms with Crippen molar-refractivity contribution in [2.24, 2.45) is 0 Å². The van der Waals surface area contributed by atoms with E-state index in [1.165, 1.54) is 16.4 Å². The Hall–Kier alpha value is -2.59. The lowest BCUT2D eigenvalue weighted by molar-refractivity contribution is -0.385. The molecule has 0 N–H and O–H groups in total. The van der Waals surface area contributed by atoms with Gasteiger partial charge in [0.05, 0.1) is 9.82 Å². The number of nitrogens with zero attached hydrogens (tertiary/aromatic N) is 2. The highest BCUT2D eigenvalue weighted by Gasteiger charge is 2.29. The van der Waals surface area contributed by atoms with Gasteiger partial charge in [-0.25, -0.2) is 12.8 Å². The van der Waals surface area contributed by atoms with Crippen LogP contribution in [0.4, 0.5) is 14.5 Å². The van der Waals surface area contributed by atoms with E-state index in [1.807, 2.05) is 0 Å². The molecule has 0 radical (unpaired) electrons. The molecule has 0 aromatic heterocycles. The summed E-state index contributed by atoms with van der Waals surface area (Å²) in [6.45, 7) is 0.700. The lowest BCUT2D eigenvalue weighted by atomic mass is 10.2. The topological polar surface area (TPSA) is 89.8 Å². The van der Waals surface area contributed by atoms with Gasteiger partial charge in [-0.1, -0.05) is 18.9 Å². The second kappa shape index (κ2) is 8.19. The van der Waals surface area contributed by atoms with Crippen LogP contribution in [0.15, 0.2) is 41.3 Å². The summed E-state index contributed by atoms with van der Waals surface area (Å²) in [6.07, 6.45) is 3.30. The van der Waals surface area contributed by atoms with Gasteiger partial charge in [0.15, 0.2) is 11.6 Å². The molecule has 0 atom stereocenters. The summed E-state index contributed by atoms with van der Waals surface area (Å²) in [5, 5.41) is 11.4. The smallest absolute Gasteiger partial charge is 0.312 e. The first kappa shape index (κ1) is 20.2. The molecule has 2 aromatic rings. The van der Waals surface area contributed by atoms with E-state index in [0.29, 0.717) is 13.1 Å². The quantitative estimate of drug-likeness (QED) is 0.542. The molecule has 1 aliphatic rings. The number of benzene rings is 2. The van der Waals surface area contributed by atoms with Crippen LogP contribution < -0.4 is 4.74 Å². The Morgan fingerprint density at radius 3 is 2.32 bits per heavy atom. The third-order valence-electron chi connectivity index (χ3n) is 4.47. The molecule has 0 saturated carbocycles. The van der Waals surface area contributed by atoms with Crippen LogP contribution in [0, 0.1) is 21.7 Å². The van der Waals surface area contributed by atoms with Crippen LogP contribution in [0.1, 0.15) is 25.7 Å². The average molecular weight is 412 g/mol. The summed E-state index contributed by atoms with van der Waals surface area (Å²) in [5.41, 5.74) is -0.653. The minimum atomic E-state index is -3.91. The van der Waals surface area contributed by atoms with Crippen LogP contribution in [0.2, 0.25) is 0 Å². The molecular formula is C18H18F2N2O5S. The molecule has 0 unspecified atom stereocenters. The fraction of sp³-hybridized carbons (Fsp3) is 0.333. The van der Waals surface area contributed by atoms with Crippen LogP contribution in [-0.4, -0.2) is 30.7 Å². The molecule has 10 heteroatoms. The monoisotopic (exact) mass is 412 g/mol. The summed E-state index contributed by atoms with van der Waals surface area (Å²) in [6, 6.07) is 6.31. The van der Waals surface area contributed by atoms with Gasteiger partial charge in [-0.05, 0) is 37.1 Å². The molecule has 0 spiro atoms. The van der Waals surface area contributed by atoms with Gasteiger partial charge in [-0.3, -0.25) is 10.1 Å². The van der Waals surface area contributed by atoms with E-state index >= 15 is 0 Å². The number of hydrogen-bond acceptors (Lipinski definition) is 5. The summed E-state index contributed by atoms with van der Waals surface area (Å²) in [4.78, 5) is 10.4. The minimum absolute atomic E-state index is 0.242. The van der Waals surface area contributed by atoms with Gasteiger partial charge < -0.3 is 4.74 Å². The van der Waals surface area contributed by atoms with Gasteiger partial charge in [0.25, 0.3) is 0 Å². The molecular weight excluding hydrogens is 394 g/mol. The maximum Gasteiger partial charge on any atom is 0.312 e. The Bertz CT molecular complexity index is 989. The molecule has 1 fully saturated rings. The summed E-state index contributed by atoms with van der Waals surface area (Å²) >= 11 is 0. The van der Waals surface area contributed by atoms with Gasteiger partial charge in [0, 0.05) is 19.2 Å². The van der Waals surface area contributed by atoms with E-state index in [0.717, 1.165) is 49.9 Å². The molecule has 150 valence electrons. The molecule has 0 bridgehead atoms. The van der Waals surface area contributed by atoms with E-state index in [4.69, 9.17) is 4.74 Å². The van der Waals surface area contributed by atoms with Crippen LogP contribution in [0.25, 0.3) is 0 Å². The molecule has 2 aromatic carbocycles. The maximum atomic E-state index is 13.8. The number of sulfonamides is 1. The molecule has 1 saturated heterocycles. The maximum absolute atomic E-state index is 13.8. The number of nitro groups is 1. The van der Waals surface area contributed by atoms with E-state index < -0.39 is 38.0 Å². The zero-order chi connectivity index (χ0) is 20.3. The van der Waals surface area contributed by atoms with Crippen LogP contribution in [-0.2, 0) is 10.0 Å². The zero-order valence-electron chi connectivity index (χ0n) is 14.8. The first-order chi connectivity index (χ1) is 13.3. The van der Waals surface area contributed by atoms with Gasteiger partial charge >= 0.3 is 5.69 Å². The second-order valence-corrected chi connectivity index (χ2v) is 8.30. The van der Waals surface area contributed by atoms with Crippen molar-refractivity contribution in [1.82, 2.24) is 4.31 Å². The normalized spacial score (nSPS) is 15.8. The molecule has 3 rings (SSSR count). The Balaban J connectivity index is 1.97. The first-order valence-corrected chi connectivity index (χ1v) is 10.1. The summed E-state index contributed by atoms with van der Waals surface area (Å²) in [7, 11) is -3.91. The molecule has 0 amide bonds. The third kappa shape index (κ3) is 4.12. The van der Waals surface area contributed by atoms with Crippen molar-refractivity contribution in [3.8, 4) is 11.5 Å². The number of ether oxygens (including phenoxy) is 1. The Morgan fingerprint density at radius 1 is 1.00 bits per heavy atom. The fourth-order valence-corrected chi connectivity index (χ4v) is 4.54. The van der Waals surface area contributed by atoms with Crippen LogP contribution in [0.5, 0.6) is 11.5 Å². The van der Waals surface area contributed by atoms with E-state index in [-0.39, 0.29) is 10.6 Å². The highest BCUT2D eigenvalue weighted by atomic mass is 32.2. The van der Waals surface area contributed by atoms with Crippen molar-refractivity contribution in [1.29, 1.82) is 0 Å². The van der Waals surface area contributed by atoms with Crippen molar-refractivity contribution in [2.75, 3.05) is 13.1 Å². The Labute approximate surface area is 160 Å². The molecule has 28 heavy (non-hydrogen) atoms. The second-order valence-electron chi connectivity index (χ2n) is 6.36. The summed E-state index contributed by atoms with van der Waals surface area (Å²) < 4.78 is 59.3. The highest BCUT2D eigenvalue weighted by molar-refractivity contribution is 7.89. The SMILES string of the molecule is O=[N+]([O-])c1cc(S(=O)(=O)N2CCCCCC2)ccc1Oc1cccc(F)c1F. The largest absolute Gasteiger partial charge is 0.447 e. The Morgan fingerprint density at radius 2 is 1.68 bits per heavy atom. The number of nitro benzene ring substituents is 1. The zero-order valence-corrected chi connectivity index (χ0v) is 15.6. The number of halogens is 2. The van der Waals surface area contributed by atoms with Crippen molar-refractivity contribution in [2.45, 2.75) is 30.6 Å². The molecule has 1 heterocycles. The standard InChI is InChI=1S/C18H18F2N2O5S/c19-14-6-5-7-17(18(14)20)27-16-9-8-13(12-15(16)22(23)24)28(25,26)21-10-3-1-2-4-11-21/h5-9,12H,1-4,10-11H2. The lowest BCUT2D eigenvalue weighted by Gasteiger charge is -2.20. The summed E-state index contributed by atoms with van der Waals surface area (Å²) in [5.74, 6) is -3.38. The van der Waals surface area contributed by atoms with Crippen LogP contribution in [0.3, 0.4) is 0 Å². The van der Waals surface area contributed by atoms with Crippen molar-refractivity contribution >= 4 is 15.7 Å². The van der Waals surface area contributed by atoms with Crippen LogP contribution >= 0.6 is 0 Å². The van der Waals surface area contributed by atoms with Gasteiger partial charge in [-0.15, -0.1) is 0 Å². The van der Waals surface area contributed by atoms with E-state index in [9.17, 15) is 27.3 Å². The third-order valence-corrected chi connectivity index (χ3v) is 6.36. The number of rotatable bonds is 5. The minimum Gasteiger partial charge on any atom is -0.447 e. The van der Waals surface area contributed by atoms with Gasteiger partial charge in [0.1, 0.15) is 0 Å². The van der Waals surface area contributed by atoms with Crippen molar-refractivity contribution in [3.63, 3.8) is 0 Å². The number of hydrogen-bond donors (Lipinski definition) is 0. The highest BCUT2D eigenvalue weighted by Crippen LogP contribution is 2.35. The van der Waals surface area contributed by atoms with Gasteiger partial charge in [-0.2, -0.15) is 8.70 Å². The predicted molar refractivity (Wildman–Crippen MR) is 96.8 cm³/mol. The molecule has 0 aliphatic carbocycles.